The molecule has 3 rings (SSSR count). The molecule has 2 atom stereocenters. The van der Waals surface area contributed by atoms with E-state index in [0.29, 0.717) is 18.2 Å². The summed E-state index contributed by atoms with van der Waals surface area (Å²) in [4.78, 5) is 18.9. The number of amides is 1. The Morgan fingerprint density at radius 2 is 2.18 bits per heavy atom. The van der Waals surface area contributed by atoms with Crippen molar-refractivity contribution in [2.45, 2.75) is 25.8 Å². The van der Waals surface area contributed by atoms with Gasteiger partial charge in [0.15, 0.2) is 0 Å². The van der Waals surface area contributed by atoms with Gasteiger partial charge in [-0.2, -0.15) is 0 Å². The highest BCUT2D eigenvalue weighted by atomic mass is 35.5. The molecule has 22 heavy (non-hydrogen) atoms. The molecule has 0 bridgehead atoms. The number of likely N-dealkylation sites (tertiary alicyclic amines) is 1. The summed E-state index contributed by atoms with van der Waals surface area (Å²) < 4.78 is 1.87. The van der Waals surface area contributed by atoms with E-state index in [4.69, 9.17) is 5.73 Å². The summed E-state index contributed by atoms with van der Waals surface area (Å²) >= 11 is 0. The zero-order valence-electron chi connectivity index (χ0n) is 12.5. The number of imidazole rings is 1. The number of carbonyl (C=O) groups is 1. The van der Waals surface area contributed by atoms with Crippen LogP contribution in [0, 0.1) is 5.92 Å². The van der Waals surface area contributed by atoms with E-state index in [0.717, 1.165) is 25.0 Å². The van der Waals surface area contributed by atoms with Crippen LogP contribution in [0.1, 0.15) is 30.3 Å². The number of nitrogens with zero attached hydrogens (tertiary/aromatic N) is 3. The third kappa shape index (κ3) is 3.54. The van der Waals surface area contributed by atoms with E-state index < -0.39 is 0 Å². The molecule has 0 saturated carbocycles. The lowest BCUT2D eigenvalue weighted by molar-refractivity contribution is 0.0568. The van der Waals surface area contributed by atoms with E-state index in [1.165, 1.54) is 0 Å². The van der Waals surface area contributed by atoms with Gasteiger partial charge in [0.05, 0.1) is 0 Å². The van der Waals surface area contributed by atoms with Crippen molar-refractivity contribution in [3.05, 3.63) is 36.3 Å². The largest absolute Gasteiger partial charge is 0.333 e. The number of aromatic nitrogens is 2. The first-order valence-electron chi connectivity index (χ1n) is 7.14. The molecule has 122 valence electrons. The first-order valence-corrected chi connectivity index (χ1v) is 7.14. The van der Waals surface area contributed by atoms with Crippen LogP contribution in [0.5, 0.6) is 0 Å². The lowest BCUT2D eigenvalue weighted by Gasteiger charge is -2.37. The lowest BCUT2D eigenvalue weighted by atomic mass is 9.92. The van der Waals surface area contributed by atoms with Crippen molar-refractivity contribution in [2.75, 3.05) is 13.1 Å². The number of piperidine rings is 1. The van der Waals surface area contributed by atoms with Crippen LogP contribution in [0.4, 0.5) is 0 Å². The van der Waals surface area contributed by atoms with Gasteiger partial charge in [0.25, 0.3) is 5.91 Å². The summed E-state index contributed by atoms with van der Waals surface area (Å²) in [6.45, 7) is 3.51. The minimum atomic E-state index is -0.00366. The fourth-order valence-corrected chi connectivity index (χ4v) is 2.93. The van der Waals surface area contributed by atoms with Gasteiger partial charge in [-0.05, 0) is 30.9 Å². The lowest BCUT2D eigenvalue weighted by Crippen LogP contribution is -2.49. The molecular formula is C15H22Cl2N4O. The van der Waals surface area contributed by atoms with Gasteiger partial charge in [-0.25, -0.2) is 4.98 Å². The van der Waals surface area contributed by atoms with Gasteiger partial charge in [-0.3, -0.25) is 4.79 Å². The molecule has 1 aliphatic rings. The molecule has 2 aromatic heterocycles. The number of fused-ring (bicyclic) bond motifs is 1. The Labute approximate surface area is 142 Å². The first-order chi connectivity index (χ1) is 9.69. The molecule has 0 aliphatic carbocycles. The summed E-state index contributed by atoms with van der Waals surface area (Å²) in [7, 11) is 0. The summed E-state index contributed by atoms with van der Waals surface area (Å²) in [6.07, 6.45) is 5.71. The van der Waals surface area contributed by atoms with Crippen LogP contribution in [0.15, 0.2) is 30.6 Å². The molecule has 0 spiro atoms. The molecule has 3 heterocycles. The topological polar surface area (TPSA) is 63.6 Å². The van der Waals surface area contributed by atoms with Crippen molar-refractivity contribution >= 4 is 36.4 Å². The van der Waals surface area contributed by atoms with E-state index >= 15 is 0 Å². The predicted molar refractivity (Wildman–Crippen MR) is 92.0 cm³/mol. The van der Waals surface area contributed by atoms with E-state index in [1.807, 2.05) is 33.7 Å². The standard InChI is InChI=1S/C15H20N4O.2ClH/c1-11-5-7-19(12(8-11)9-16)15(20)13-10-18-6-3-2-4-14(18)17-13;;/h2-4,6,10-12H,5,7-9,16H2,1H3;2*1H. The van der Waals surface area contributed by atoms with Crippen LogP contribution in [0.2, 0.25) is 0 Å². The van der Waals surface area contributed by atoms with Gasteiger partial charge < -0.3 is 15.0 Å². The maximum absolute atomic E-state index is 12.6. The number of pyridine rings is 1. The average molecular weight is 345 g/mol. The van der Waals surface area contributed by atoms with E-state index in [-0.39, 0.29) is 36.8 Å². The summed E-state index contributed by atoms with van der Waals surface area (Å²) in [5, 5.41) is 0. The molecule has 1 aliphatic heterocycles. The molecule has 0 radical (unpaired) electrons. The average Bonchev–Trinajstić information content (AvgIpc) is 2.90. The van der Waals surface area contributed by atoms with Crippen molar-refractivity contribution in [1.82, 2.24) is 14.3 Å². The molecule has 0 aromatic carbocycles. The molecule has 1 amide bonds. The van der Waals surface area contributed by atoms with Crippen LogP contribution in [0.3, 0.4) is 0 Å². The highest BCUT2D eigenvalue weighted by Crippen LogP contribution is 2.23. The molecule has 2 aromatic rings. The van der Waals surface area contributed by atoms with Crippen LogP contribution in [-0.2, 0) is 0 Å². The Morgan fingerprint density at radius 1 is 1.41 bits per heavy atom. The maximum Gasteiger partial charge on any atom is 0.274 e. The van der Waals surface area contributed by atoms with Crippen molar-refractivity contribution in [3.8, 4) is 0 Å². The summed E-state index contributed by atoms with van der Waals surface area (Å²) in [5.74, 6) is 0.629. The number of hydrogen-bond acceptors (Lipinski definition) is 3. The number of halogens is 2. The second-order valence-electron chi connectivity index (χ2n) is 5.61. The second kappa shape index (κ2) is 7.81. The smallest absolute Gasteiger partial charge is 0.274 e. The normalized spacial score (nSPS) is 21.1. The Hall–Kier alpha value is -1.30. The molecular weight excluding hydrogens is 323 g/mol. The van der Waals surface area contributed by atoms with E-state index in [2.05, 4.69) is 11.9 Å². The zero-order valence-corrected chi connectivity index (χ0v) is 14.1. The third-order valence-corrected chi connectivity index (χ3v) is 4.09. The Bertz CT molecular complexity index is 598. The van der Waals surface area contributed by atoms with Crippen LogP contribution >= 0.6 is 24.8 Å². The minimum Gasteiger partial charge on any atom is -0.333 e. The SMILES string of the molecule is CC1CCN(C(=O)c2cn3ccccc3n2)C(CN)C1.Cl.Cl. The van der Waals surface area contributed by atoms with Crippen LogP contribution in [0.25, 0.3) is 5.65 Å². The Balaban J connectivity index is 0.00000121. The van der Waals surface area contributed by atoms with Crippen LogP contribution in [-0.4, -0.2) is 39.3 Å². The van der Waals surface area contributed by atoms with Gasteiger partial charge in [-0.15, -0.1) is 24.8 Å². The van der Waals surface area contributed by atoms with Gasteiger partial charge in [0, 0.05) is 31.5 Å². The number of rotatable bonds is 2. The molecule has 7 heteroatoms. The van der Waals surface area contributed by atoms with Crippen LogP contribution < -0.4 is 5.73 Å². The van der Waals surface area contributed by atoms with E-state index in [1.54, 1.807) is 6.20 Å². The van der Waals surface area contributed by atoms with Gasteiger partial charge >= 0.3 is 0 Å². The monoisotopic (exact) mass is 344 g/mol. The predicted octanol–water partition coefficient (Wildman–Crippen LogP) is 2.38. The van der Waals surface area contributed by atoms with Crippen molar-refractivity contribution in [2.24, 2.45) is 11.7 Å². The summed E-state index contributed by atoms with van der Waals surface area (Å²) in [5.41, 5.74) is 7.13. The second-order valence-corrected chi connectivity index (χ2v) is 5.61. The van der Waals surface area contributed by atoms with Gasteiger partial charge in [0.2, 0.25) is 0 Å². The summed E-state index contributed by atoms with van der Waals surface area (Å²) in [6, 6.07) is 5.88. The number of hydrogen-bond donors (Lipinski definition) is 1. The van der Waals surface area contributed by atoms with Gasteiger partial charge in [-0.1, -0.05) is 13.0 Å². The quantitative estimate of drug-likeness (QED) is 0.909. The van der Waals surface area contributed by atoms with Gasteiger partial charge in [0.1, 0.15) is 11.3 Å². The van der Waals surface area contributed by atoms with E-state index in [9.17, 15) is 4.79 Å². The number of carbonyl (C=O) groups excluding carboxylic acids is 1. The molecule has 5 nitrogen and oxygen atoms in total. The Morgan fingerprint density at radius 3 is 2.86 bits per heavy atom. The number of nitrogens with two attached hydrogens (primary N) is 1. The maximum atomic E-state index is 12.6. The molecule has 2 N–H and O–H groups in total. The minimum absolute atomic E-state index is 0. The highest BCUT2D eigenvalue weighted by molar-refractivity contribution is 5.93. The fraction of sp³-hybridized carbons (Fsp3) is 0.467. The van der Waals surface area contributed by atoms with Crippen molar-refractivity contribution < 1.29 is 4.79 Å². The first kappa shape index (κ1) is 18.7. The molecule has 1 saturated heterocycles. The zero-order chi connectivity index (χ0) is 14.1. The fourth-order valence-electron chi connectivity index (χ4n) is 2.93. The Kier molecular flexibility index (Phi) is 6.66. The van der Waals surface area contributed by atoms with Crippen molar-refractivity contribution in [1.29, 1.82) is 0 Å². The molecule has 1 fully saturated rings. The third-order valence-electron chi connectivity index (χ3n) is 4.09. The highest BCUT2D eigenvalue weighted by Gasteiger charge is 2.30. The molecule has 2 unspecified atom stereocenters. The van der Waals surface area contributed by atoms with Crippen molar-refractivity contribution in [3.63, 3.8) is 0 Å².